The molecule has 32 heavy (non-hydrogen) atoms. The van der Waals surface area contributed by atoms with E-state index in [1.165, 1.54) is 6.07 Å². The molecule has 10 heteroatoms. The molecule has 2 aromatic rings. The minimum atomic E-state index is -4.44. The van der Waals surface area contributed by atoms with Crippen LogP contribution in [0.1, 0.15) is 36.8 Å². The zero-order valence-electron chi connectivity index (χ0n) is 17.2. The lowest BCUT2D eigenvalue weighted by Crippen LogP contribution is -2.43. The van der Waals surface area contributed by atoms with Gasteiger partial charge in [0.05, 0.1) is 5.56 Å². The van der Waals surface area contributed by atoms with Gasteiger partial charge in [0.2, 0.25) is 11.8 Å². The number of carbonyl (C=O) groups is 2. The summed E-state index contributed by atoms with van der Waals surface area (Å²) in [5.41, 5.74) is 1.61. The van der Waals surface area contributed by atoms with Gasteiger partial charge >= 0.3 is 12.2 Å². The van der Waals surface area contributed by atoms with E-state index in [0.29, 0.717) is 38.0 Å². The maximum Gasteiger partial charge on any atom is 0.417 e. The van der Waals surface area contributed by atoms with Crippen molar-refractivity contribution in [2.75, 3.05) is 23.7 Å². The van der Waals surface area contributed by atoms with Gasteiger partial charge in [0.25, 0.3) is 0 Å². The summed E-state index contributed by atoms with van der Waals surface area (Å²) >= 11 is 0. The van der Waals surface area contributed by atoms with Crippen molar-refractivity contribution in [3.05, 3.63) is 47.7 Å². The number of piperidine rings is 1. The van der Waals surface area contributed by atoms with E-state index in [9.17, 15) is 22.8 Å². The Kier molecular flexibility index (Phi) is 6.20. The fourth-order valence-electron chi connectivity index (χ4n) is 3.82. The highest BCUT2D eigenvalue weighted by Gasteiger charge is 2.31. The molecule has 3 amide bonds. The van der Waals surface area contributed by atoms with Crippen LogP contribution in [0.3, 0.4) is 0 Å². The van der Waals surface area contributed by atoms with Crippen LogP contribution in [-0.4, -0.2) is 41.0 Å². The Morgan fingerprint density at radius 1 is 1.16 bits per heavy atom. The highest BCUT2D eigenvalue weighted by molar-refractivity contribution is 5.94. The molecule has 7 nitrogen and oxygen atoms in total. The van der Waals surface area contributed by atoms with Crippen LogP contribution < -0.4 is 15.4 Å². The van der Waals surface area contributed by atoms with Gasteiger partial charge in [0, 0.05) is 56.0 Å². The number of aryl methyl sites for hydroxylation is 1. The van der Waals surface area contributed by atoms with Crippen molar-refractivity contribution in [3.8, 4) is 5.88 Å². The Morgan fingerprint density at radius 2 is 1.94 bits per heavy atom. The molecule has 1 saturated heterocycles. The standard InChI is InChI=1S/C22H23F3N4O3/c23-22(24,25)15-4-7-20(26-13-15)32-17-8-10-29(11-9-17)21(31)27-16-5-6-18-14(12-16)2-1-3-19(30)28-18/h4-7,12-13,17H,1-3,8-11H2,(H,27,31)(H,28,30). The third-order valence-electron chi connectivity index (χ3n) is 5.56. The highest BCUT2D eigenvalue weighted by Crippen LogP contribution is 2.30. The molecule has 2 aliphatic rings. The number of anilines is 2. The van der Waals surface area contributed by atoms with Crippen LogP contribution >= 0.6 is 0 Å². The summed E-state index contributed by atoms with van der Waals surface area (Å²) in [6.07, 6.45) is -0.803. The normalized spacial score (nSPS) is 17.2. The number of rotatable bonds is 3. The molecule has 4 rings (SSSR count). The number of fused-ring (bicyclic) bond motifs is 1. The maximum atomic E-state index is 12.6. The van der Waals surface area contributed by atoms with E-state index in [4.69, 9.17) is 4.74 Å². The van der Waals surface area contributed by atoms with Crippen molar-refractivity contribution in [1.82, 2.24) is 9.88 Å². The van der Waals surface area contributed by atoms with Gasteiger partial charge in [0.1, 0.15) is 6.10 Å². The van der Waals surface area contributed by atoms with Crippen molar-refractivity contribution in [1.29, 1.82) is 0 Å². The molecule has 170 valence electrons. The summed E-state index contributed by atoms with van der Waals surface area (Å²) in [7, 11) is 0. The summed E-state index contributed by atoms with van der Waals surface area (Å²) in [5, 5.41) is 5.76. The lowest BCUT2D eigenvalue weighted by Gasteiger charge is -2.32. The van der Waals surface area contributed by atoms with Crippen LogP contribution in [0.15, 0.2) is 36.5 Å². The second-order valence-corrected chi connectivity index (χ2v) is 7.89. The SMILES string of the molecule is O=C1CCCc2cc(NC(=O)N3CCC(Oc4ccc(C(F)(F)F)cn4)CC3)ccc2N1. The molecule has 0 unspecified atom stereocenters. The molecule has 0 saturated carbocycles. The fourth-order valence-corrected chi connectivity index (χ4v) is 3.82. The Hall–Kier alpha value is -3.30. The Morgan fingerprint density at radius 3 is 2.62 bits per heavy atom. The molecule has 2 aliphatic heterocycles. The molecule has 0 radical (unpaired) electrons. The predicted molar refractivity (Wildman–Crippen MR) is 111 cm³/mol. The van der Waals surface area contributed by atoms with Gasteiger partial charge < -0.3 is 20.3 Å². The minimum absolute atomic E-state index is 0.00267. The number of alkyl halides is 3. The largest absolute Gasteiger partial charge is 0.474 e. The van der Waals surface area contributed by atoms with Crippen LogP contribution in [-0.2, 0) is 17.4 Å². The molecule has 1 aromatic heterocycles. The zero-order chi connectivity index (χ0) is 22.7. The van der Waals surface area contributed by atoms with Crippen molar-refractivity contribution < 1.29 is 27.5 Å². The van der Waals surface area contributed by atoms with Crippen molar-refractivity contribution >= 4 is 23.3 Å². The summed E-state index contributed by atoms with van der Waals surface area (Å²) in [6.45, 7) is 0.913. The van der Waals surface area contributed by atoms with E-state index in [2.05, 4.69) is 15.6 Å². The number of benzene rings is 1. The van der Waals surface area contributed by atoms with Crippen molar-refractivity contribution in [2.45, 2.75) is 44.4 Å². The second-order valence-electron chi connectivity index (χ2n) is 7.89. The number of halogens is 3. The van der Waals surface area contributed by atoms with E-state index in [1.807, 2.05) is 6.07 Å². The number of nitrogens with zero attached hydrogens (tertiary/aromatic N) is 2. The molecule has 0 atom stereocenters. The molecule has 0 aliphatic carbocycles. The number of nitrogens with one attached hydrogen (secondary N) is 2. The average molecular weight is 448 g/mol. The highest BCUT2D eigenvalue weighted by atomic mass is 19.4. The van der Waals surface area contributed by atoms with E-state index in [0.717, 1.165) is 36.4 Å². The van der Waals surface area contributed by atoms with Gasteiger partial charge in [-0.25, -0.2) is 9.78 Å². The molecular formula is C22H23F3N4O3. The number of pyridine rings is 1. The first kappa shape index (κ1) is 21.9. The van der Waals surface area contributed by atoms with E-state index in [1.54, 1.807) is 17.0 Å². The predicted octanol–water partition coefficient (Wildman–Crippen LogP) is 4.45. The molecule has 0 bridgehead atoms. The average Bonchev–Trinajstić information content (AvgIpc) is 2.94. The van der Waals surface area contributed by atoms with Gasteiger partial charge in [-0.3, -0.25) is 4.79 Å². The molecule has 1 fully saturated rings. The van der Waals surface area contributed by atoms with Crippen LogP contribution in [0.5, 0.6) is 5.88 Å². The van der Waals surface area contributed by atoms with Gasteiger partial charge in [-0.1, -0.05) is 0 Å². The minimum Gasteiger partial charge on any atom is -0.474 e. The summed E-state index contributed by atoms with van der Waals surface area (Å²) in [4.78, 5) is 29.7. The van der Waals surface area contributed by atoms with Gasteiger partial charge in [-0.05, 0) is 42.7 Å². The number of aromatic nitrogens is 1. The van der Waals surface area contributed by atoms with Crippen molar-refractivity contribution in [3.63, 3.8) is 0 Å². The van der Waals surface area contributed by atoms with Gasteiger partial charge in [-0.2, -0.15) is 13.2 Å². The number of urea groups is 1. The lowest BCUT2D eigenvalue weighted by molar-refractivity contribution is -0.137. The van der Waals surface area contributed by atoms with Crippen LogP contribution in [0.25, 0.3) is 0 Å². The quantitative estimate of drug-likeness (QED) is 0.727. The monoisotopic (exact) mass is 448 g/mol. The van der Waals surface area contributed by atoms with Crippen LogP contribution in [0.4, 0.5) is 29.3 Å². The first-order valence-corrected chi connectivity index (χ1v) is 10.5. The van der Waals surface area contributed by atoms with E-state index in [-0.39, 0.29) is 23.9 Å². The van der Waals surface area contributed by atoms with Gasteiger partial charge in [0.15, 0.2) is 0 Å². The number of ether oxygens (including phenoxy) is 1. The second kappa shape index (κ2) is 9.05. The Balaban J connectivity index is 1.28. The topological polar surface area (TPSA) is 83.6 Å². The van der Waals surface area contributed by atoms with E-state index < -0.39 is 11.7 Å². The number of hydrogen-bond acceptors (Lipinski definition) is 4. The number of hydrogen-bond donors (Lipinski definition) is 2. The molecule has 1 aromatic carbocycles. The van der Waals surface area contributed by atoms with Crippen LogP contribution in [0, 0.1) is 0 Å². The summed E-state index contributed by atoms with van der Waals surface area (Å²) in [6, 6.07) is 7.36. The van der Waals surface area contributed by atoms with Crippen LogP contribution in [0.2, 0.25) is 0 Å². The molecule has 0 spiro atoms. The first-order chi connectivity index (χ1) is 15.3. The summed E-state index contributed by atoms with van der Waals surface area (Å²) < 4.78 is 43.6. The smallest absolute Gasteiger partial charge is 0.417 e. The molecular weight excluding hydrogens is 425 g/mol. The lowest BCUT2D eigenvalue weighted by atomic mass is 10.1. The number of likely N-dealkylation sites (tertiary alicyclic amines) is 1. The Bertz CT molecular complexity index is 987. The zero-order valence-corrected chi connectivity index (χ0v) is 17.2. The maximum absolute atomic E-state index is 12.6. The first-order valence-electron chi connectivity index (χ1n) is 10.5. The molecule has 2 N–H and O–H groups in total. The van der Waals surface area contributed by atoms with E-state index >= 15 is 0 Å². The summed E-state index contributed by atoms with van der Waals surface area (Å²) in [5.74, 6) is 0.134. The van der Waals surface area contributed by atoms with Crippen molar-refractivity contribution in [2.24, 2.45) is 0 Å². The number of amides is 3. The third kappa shape index (κ3) is 5.30. The molecule has 3 heterocycles. The van der Waals surface area contributed by atoms with Gasteiger partial charge in [-0.15, -0.1) is 0 Å². The number of carbonyl (C=O) groups excluding carboxylic acids is 2. The fraction of sp³-hybridized carbons (Fsp3) is 0.409. The third-order valence-corrected chi connectivity index (χ3v) is 5.56. The Labute approximate surface area is 183 Å².